The standard InChI is InChI=1S/C28H34O4/c1-18-15-21-22(25(2)12-9-19(29)16-24(18)25)10-13-26(3)23(21)11-14-27(26,30)28(17-31-28)32-20-7-5-4-6-8-20/h4-8,10,16,18,21,23,30H,9,11-15,17H2,1-3H3/t18-,21+,23-,25+,26-,27+,28+/m0/s1. The van der Waals surface area contributed by atoms with E-state index in [1.54, 1.807) is 0 Å². The number of ketones is 1. The molecular weight excluding hydrogens is 400 g/mol. The Morgan fingerprint density at radius 3 is 2.59 bits per heavy atom. The Balaban J connectivity index is 1.37. The zero-order valence-electron chi connectivity index (χ0n) is 19.4. The minimum Gasteiger partial charge on any atom is -0.457 e. The van der Waals surface area contributed by atoms with Gasteiger partial charge >= 0.3 is 0 Å². The molecule has 1 N–H and O–H groups in total. The lowest BCUT2D eigenvalue weighted by atomic mass is 9.48. The van der Waals surface area contributed by atoms with Crippen molar-refractivity contribution in [1.29, 1.82) is 0 Å². The molecule has 1 saturated heterocycles. The molecule has 1 aromatic rings. The van der Waals surface area contributed by atoms with Gasteiger partial charge in [0, 0.05) is 17.3 Å². The first kappa shape index (κ1) is 20.7. The number of fused-ring (bicyclic) bond motifs is 5. The Labute approximate surface area is 190 Å². The van der Waals surface area contributed by atoms with Crippen molar-refractivity contribution < 1.29 is 19.4 Å². The molecule has 0 radical (unpaired) electrons. The number of carbonyl (C=O) groups excluding carboxylic acids is 1. The maximum Gasteiger partial charge on any atom is 0.264 e. The molecule has 1 aromatic carbocycles. The van der Waals surface area contributed by atoms with Crippen LogP contribution in [0.15, 0.2) is 53.6 Å². The van der Waals surface area contributed by atoms with E-state index in [0.29, 0.717) is 37.2 Å². The van der Waals surface area contributed by atoms with Crippen molar-refractivity contribution in [3.05, 3.63) is 53.6 Å². The van der Waals surface area contributed by atoms with Crippen LogP contribution in [0, 0.1) is 28.6 Å². The van der Waals surface area contributed by atoms with Gasteiger partial charge in [-0.15, -0.1) is 0 Å². The third kappa shape index (κ3) is 2.54. The highest BCUT2D eigenvalue weighted by Crippen LogP contribution is 2.69. The first-order valence-electron chi connectivity index (χ1n) is 12.3. The minimum absolute atomic E-state index is 0.00736. The van der Waals surface area contributed by atoms with Gasteiger partial charge in [-0.3, -0.25) is 4.79 Å². The summed E-state index contributed by atoms with van der Waals surface area (Å²) in [6.07, 6.45) is 9.51. The molecule has 4 nitrogen and oxygen atoms in total. The summed E-state index contributed by atoms with van der Waals surface area (Å²) in [6, 6.07) is 9.74. The lowest BCUT2D eigenvalue weighted by Crippen LogP contribution is -2.60. The number of hydrogen-bond acceptors (Lipinski definition) is 4. The number of carbonyl (C=O) groups is 1. The zero-order chi connectivity index (χ0) is 22.4. The number of benzene rings is 1. The predicted molar refractivity (Wildman–Crippen MR) is 122 cm³/mol. The third-order valence-electron chi connectivity index (χ3n) is 9.87. The SMILES string of the molecule is C[C@H]1C[C@@H]2C(=CC[C@@]3(C)[C@H]2CC[C@]3(O)[C@]2(Oc3ccccc3)CO2)[C@@]2(C)CCC(=O)C=C12. The normalized spacial score (nSPS) is 47.0. The molecule has 6 rings (SSSR count). The lowest BCUT2D eigenvalue weighted by Gasteiger charge is -2.56. The first-order valence-corrected chi connectivity index (χ1v) is 12.3. The molecule has 3 fully saturated rings. The number of hydrogen-bond donors (Lipinski definition) is 1. The summed E-state index contributed by atoms with van der Waals surface area (Å²) in [6.45, 7) is 7.34. The average Bonchev–Trinajstić information content (AvgIpc) is 3.50. The Morgan fingerprint density at radius 1 is 1.12 bits per heavy atom. The van der Waals surface area contributed by atoms with E-state index < -0.39 is 11.4 Å². The van der Waals surface area contributed by atoms with Crippen molar-refractivity contribution >= 4 is 5.78 Å². The minimum atomic E-state index is -1.02. The van der Waals surface area contributed by atoms with E-state index >= 15 is 0 Å². The topological polar surface area (TPSA) is 59.1 Å². The summed E-state index contributed by atoms with van der Waals surface area (Å²) in [4.78, 5) is 12.2. The summed E-state index contributed by atoms with van der Waals surface area (Å²) in [5.41, 5.74) is 1.53. The van der Waals surface area contributed by atoms with E-state index in [9.17, 15) is 9.90 Å². The number of allylic oxidation sites excluding steroid dienone is 4. The van der Waals surface area contributed by atoms with Gasteiger partial charge in [-0.05, 0) is 68.1 Å². The molecule has 7 atom stereocenters. The van der Waals surface area contributed by atoms with Crippen LogP contribution < -0.4 is 4.74 Å². The summed E-state index contributed by atoms with van der Waals surface area (Å²) >= 11 is 0. The molecule has 0 spiro atoms. The third-order valence-corrected chi connectivity index (χ3v) is 9.87. The molecule has 0 bridgehead atoms. The van der Waals surface area contributed by atoms with Crippen LogP contribution in [-0.2, 0) is 9.53 Å². The maximum atomic E-state index is 12.2. The molecule has 0 aromatic heterocycles. The van der Waals surface area contributed by atoms with E-state index in [1.807, 2.05) is 36.4 Å². The average molecular weight is 435 g/mol. The van der Waals surface area contributed by atoms with Crippen LogP contribution in [0.2, 0.25) is 0 Å². The second-order valence-electron chi connectivity index (χ2n) is 11.4. The molecule has 0 amide bonds. The van der Waals surface area contributed by atoms with Gasteiger partial charge in [0.15, 0.2) is 5.78 Å². The van der Waals surface area contributed by atoms with Crippen LogP contribution in [0.25, 0.3) is 0 Å². The molecule has 170 valence electrons. The summed E-state index contributed by atoms with van der Waals surface area (Å²) in [7, 11) is 0. The van der Waals surface area contributed by atoms with Crippen molar-refractivity contribution in [3.8, 4) is 5.75 Å². The van der Waals surface area contributed by atoms with Crippen molar-refractivity contribution in [3.63, 3.8) is 0 Å². The second kappa shape index (κ2) is 6.57. The van der Waals surface area contributed by atoms with Crippen molar-refractivity contribution in [1.82, 2.24) is 0 Å². The van der Waals surface area contributed by atoms with Crippen molar-refractivity contribution in [2.75, 3.05) is 6.61 Å². The van der Waals surface area contributed by atoms with E-state index in [2.05, 4.69) is 26.8 Å². The predicted octanol–water partition coefficient (Wildman–Crippen LogP) is 5.22. The van der Waals surface area contributed by atoms with Gasteiger partial charge in [0.05, 0.1) is 0 Å². The zero-order valence-corrected chi connectivity index (χ0v) is 19.4. The van der Waals surface area contributed by atoms with Crippen molar-refractivity contribution in [2.24, 2.45) is 28.6 Å². The fraction of sp³-hybridized carbons (Fsp3) is 0.607. The van der Waals surface area contributed by atoms with Gasteiger partial charge in [0.25, 0.3) is 5.79 Å². The molecule has 4 aliphatic carbocycles. The highest BCUT2D eigenvalue weighted by atomic mass is 16.8. The number of ether oxygens (including phenoxy) is 2. The Bertz CT molecular complexity index is 1020. The molecule has 4 heteroatoms. The van der Waals surface area contributed by atoms with Crippen LogP contribution in [0.4, 0.5) is 0 Å². The molecule has 0 unspecified atom stereocenters. The molecule has 1 aliphatic heterocycles. The lowest BCUT2D eigenvalue weighted by molar-refractivity contribution is -0.192. The van der Waals surface area contributed by atoms with Gasteiger partial charge in [-0.1, -0.05) is 56.2 Å². The number of para-hydroxylation sites is 1. The van der Waals surface area contributed by atoms with Crippen LogP contribution in [0.5, 0.6) is 5.75 Å². The highest BCUT2D eigenvalue weighted by molar-refractivity contribution is 5.92. The van der Waals surface area contributed by atoms with Gasteiger partial charge < -0.3 is 14.6 Å². The monoisotopic (exact) mass is 434 g/mol. The highest BCUT2D eigenvalue weighted by Gasteiger charge is 2.75. The second-order valence-corrected chi connectivity index (χ2v) is 11.4. The quantitative estimate of drug-likeness (QED) is 0.523. The Hall–Kier alpha value is -1.91. The van der Waals surface area contributed by atoms with Crippen LogP contribution in [0.3, 0.4) is 0 Å². The molecule has 5 aliphatic rings. The maximum absolute atomic E-state index is 12.2. The summed E-state index contributed by atoms with van der Waals surface area (Å²) in [5, 5.41) is 12.2. The van der Waals surface area contributed by atoms with Gasteiger partial charge in [0.1, 0.15) is 18.0 Å². The molecule has 32 heavy (non-hydrogen) atoms. The fourth-order valence-corrected chi connectivity index (χ4v) is 8.04. The summed E-state index contributed by atoms with van der Waals surface area (Å²) < 4.78 is 12.3. The van der Waals surface area contributed by atoms with Gasteiger partial charge in [-0.25, -0.2) is 0 Å². The Kier molecular flexibility index (Phi) is 4.25. The van der Waals surface area contributed by atoms with Crippen molar-refractivity contribution in [2.45, 2.75) is 70.7 Å². The largest absolute Gasteiger partial charge is 0.457 e. The Morgan fingerprint density at radius 2 is 1.88 bits per heavy atom. The summed E-state index contributed by atoms with van der Waals surface area (Å²) in [5.74, 6) is 1.32. The molecule has 2 saturated carbocycles. The van der Waals surface area contributed by atoms with E-state index in [-0.39, 0.29) is 16.6 Å². The number of aliphatic hydroxyl groups is 1. The van der Waals surface area contributed by atoms with E-state index in [1.165, 1.54) is 11.1 Å². The first-order chi connectivity index (χ1) is 15.2. The van der Waals surface area contributed by atoms with E-state index in [0.717, 1.165) is 31.4 Å². The fourth-order valence-electron chi connectivity index (χ4n) is 8.04. The van der Waals surface area contributed by atoms with Gasteiger partial charge in [0.2, 0.25) is 0 Å². The molecular formula is C28H34O4. The van der Waals surface area contributed by atoms with Crippen LogP contribution in [0.1, 0.15) is 59.3 Å². The molecule has 1 heterocycles. The number of epoxide rings is 1. The smallest absolute Gasteiger partial charge is 0.264 e. The van der Waals surface area contributed by atoms with E-state index in [4.69, 9.17) is 9.47 Å². The van der Waals surface area contributed by atoms with Gasteiger partial charge in [-0.2, -0.15) is 0 Å². The van der Waals surface area contributed by atoms with Crippen LogP contribution in [-0.4, -0.2) is 28.9 Å². The number of rotatable bonds is 3. The van der Waals surface area contributed by atoms with Crippen LogP contribution >= 0.6 is 0 Å².